The van der Waals surface area contributed by atoms with Gasteiger partial charge in [-0.2, -0.15) is 0 Å². The molecule has 0 radical (unpaired) electrons. The third-order valence-electron chi connectivity index (χ3n) is 4.49. The molecule has 0 unspecified atom stereocenters. The van der Waals surface area contributed by atoms with Gasteiger partial charge in [-0.05, 0) is 69.7 Å². The fourth-order valence-corrected chi connectivity index (χ4v) is 3.04. The third kappa shape index (κ3) is 4.65. The van der Waals surface area contributed by atoms with Gasteiger partial charge in [0, 0.05) is 18.8 Å². The van der Waals surface area contributed by atoms with Crippen molar-refractivity contribution in [3.63, 3.8) is 0 Å². The first-order valence-electron chi connectivity index (χ1n) is 8.58. The first-order valence-corrected chi connectivity index (χ1v) is 8.58. The molecule has 1 aliphatic heterocycles. The zero-order valence-electron chi connectivity index (χ0n) is 15.7. The fraction of sp³-hybridized carbons (Fsp3) is 0.579. The monoisotopic (exact) mass is 348 g/mol. The molecule has 6 heteroatoms. The summed E-state index contributed by atoms with van der Waals surface area (Å²) in [4.78, 5) is 25.8. The SMILES string of the molecule is COC(=O)c1cc(C2CCN(C(=O)OC(C)(C)C)CC2)cc(N)c1C. The Labute approximate surface area is 149 Å². The molecule has 25 heavy (non-hydrogen) atoms. The molecule has 138 valence electrons. The van der Waals surface area contributed by atoms with Crippen LogP contribution in [-0.2, 0) is 9.47 Å². The molecule has 2 rings (SSSR count). The second-order valence-corrected chi connectivity index (χ2v) is 7.52. The van der Waals surface area contributed by atoms with Gasteiger partial charge in [0.2, 0.25) is 0 Å². The zero-order valence-corrected chi connectivity index (χ0v) is 15.7. The van der Waals surface area contributed by atoms with E-state index in [1.165, 1.54) is 7.11 Å². The van der Waals surface area contributed by atoms with Crippen molar-refractivity contribution in [2.45, 2.75) is 52.1 Å². The lowest BCUT2D eigenvalue weighted by molar-refractivity contribution is 0.0204. The van der Waals surface area contributed by atoms with E-state index in [2.05, 4.69) is 0 Å². The van der Waals surface area contributed by atoms with E-state index in [-0.39, 0.29) is 18.0 Å². The van der Waals surface area contributed by atoms with Gasteiger partial charge in [-0.3, -0.25) is 0 Å². The molecule has 0 bridgehead atoms. The van der Waals surface area contributed by atoms with E-state index in [4.69, 9.17) is 15.2 Å². The van der Waals surface area contributed by atoms with Crippen molar-refractivity contribution < 1.29 is 19.1 Å². The molecule has 1 aliphatic rings. The Morgan fingerprint density at radius 1 is 1.20 bits per heavy atom. The molecule has 0 aliphatic carbocycles. The molecular weight excluding hydrogens is 320 g/mol. The van der Waals surface area contributed by atoms with Gasteiger partial charge in [-0.15, -0.1) is 0 Å². The van der Waals surface area contributed by atoms with E-state index in [1.807, 2.05) is 39.8 Å². The van der Waals surface area contributed by atoms with E-state index < -0.39 is 5.60 Å². The number of carbonyl (C=O) groups excluding carboxylic acids is 2. The maximum absolute atomic E-state index is 12.2. The number of piperidine rings is 1. The maximum atomic E-state index is 12.2. The molecule has 2 N–H and O–H groups in total. The molecule has 1 aromatic carbocycles. The highest BCUT2D eigenvalue weighted by Crippen LogP contribution is 2.32. The number of rotatable bonds is 2. The van der Waals surface area contributed by atoms with Crippen LogP contribution in [0.2, 0.25) is 0 Å². The zero-order chi connectivity index (χ0) is 18.8. The number of nitrogens with two attached hydrogens (primary N) is 1. The summed E-state index contributed by atoms with van der Waals surface area (Å²) in [6, 6.07) is 3.79. The van der Waals surface area contributed by atoms with Crippen LogP contribution < -0.4 is 5.73 Å². The van der Waals surface area contributed by atoms with Crippen molar-refractivity contribution in [2.75, 3.05) is 25.9 Å². The van der Waals surface area contributed by atoms with Crippen LogP contribution in [0.1, 0.15) is 61.0 Å². The smallest absolute Gasteiger partial charge is 0.410 e. The topological polar surface area (TPSA) is 81.9 Å². The number of amides is 1. The molecule has 1 saturated heterocycles. The van der Waals surface area contributed by atoms with E-state index in [9.17, 15) is 9.59 Å². The number of hydrogen-bond acceptors (Lipinski definition) is 5. The Morgan fingerprint density at radius 2 is 1.80 bits per heavy atom. The quantitative estimate of drug-likeness (QED) is 0.653. The lowest BCUT2D eigenvalue weighted by Crippen LogP contribution is -2.41. The number of benzene rings is 1. The van der Waals surface area contributed by atoms with Crippen molar-refractivity contribution in [2.24, 2.45) is 0 Å². The maximum Gasteiger partial charge on any atom is 0.410 e. The van der Waals surface area contributed by atoms with Gasteiger partial charge in [0.05, 0.1) is 12.7 Å². The number of nitrogen functional groups attached to an aromatic ring is 1. The summed E-state index contributed by atoms with van der Waals surface area (Å²) in [6.07, 6.45) is 1.34. The summed E-state index contributed by atoms with van der Waals surface area (Å²) >= 11 is 0. The number of hydrogen-bond donors (Lipinski definition) is 1. The second kappa shape index (κ2) is 7.33. The van der Waals surface area contributed by atoms with Crippen LogP contribution in [0.4, 0.5) is 10.5 Å². The normalized spacial score (nSPS) is 15.8. The second-order valence-electron chi connectivity index (χ2n) is 7.52. The number of likely N-dealkylation sites (tertiary alicyclic amines) is 1. The molecule has 1 heterocycles. The minimum Gasteiger partial charge on any atom is -0.465 e. The summed E-state index contributed by atoms with van der Waals surface area (Å²) in [7, 11) is 1.37. The van der Waals surface area contributed by atoms with E-state index in [0.29, 0.717) is 24.3 Å². The average Bonchev–Trinajstić information content (AvgIpc) is 2.55. The minimum absolute atomic E-state index is 0.255. The number of carbonyl (C=O) groups is 2. The highest BCUT2D eigenvalue weighted by atomic mass is 16.6. The van der Waals surface area contributed by atoms with E-state index in [1.54, 1.807) is 4.90 Å². The molecule has 0 aromatic heterocycles. The van der Waals surface area contributed by atoms with Crippen LogP contribution in [0, 0.1) is 6.92 Å². The first kappa shape index (κ1) is 19.1. The van der Waals surface area contributed by atoms with Gasteiger partial charge >= 0.3 is 12.1 Å². The number of ether oxygens (including phenoxy) is 2. The van der Waals surface area contributed by atoms with Crippen molar-refractivity contribution in [3.8, 4) is 0 Å². The molecule has 0 saturated carbocycles. The van der Waals surface area contributed by atoms with Crippen LogP contribution in [0.5, 0.6) is 0 Å². The summed E-state index contributed by atoms with van der Waals surface area (Å²) in [5.74, 6) is -0.123. The van der Waals surface area contributed by atoms with Gasteiger partial charge in [-0.1, -0.05) is 0 Å². The molecule has 6 nitrogen and oxygen atoms in total. The summed E-state index contributed by atoms with van der Waals surface area (Å²) < 4.78 is 10.3. The Kier molecular flexibility index (Phi) is 5.60. The summed E-state index contributed by atoms with van der Waals surface area (Å²) in [5.41, 5.74) is 8.44. The predicted molar refractivity (Wildman–Crippen MR) is 96.7 cm³/mol. The minimum atomic E-state index is -0.491. The van der Waals surface area contributed by atoms with Gasteiger partial charge in [0.1, 0.15) is 5.60 Å². The third-order valence-corrected chi connectivity index (χ3v) is 4.49. The van der Waals surface area contributed by atoms with Crippen LogP contribution in [0.15, 0.2) is 12.1 Å². The van der Waals surface area contributed by atoms with E-state index in [0.717, 1.165) is 24.0 Å². The van der Waals surface area contributed by atoms with Crippen LogP contribution >= 0.6 is 0 Å². The summed E-state index contributed by atoms with van der Waals surface area (Å²) in [6.45, 7) is 8.65. The molecule has 1 aromatic rings. The van der Waals surface area contributed by atoms with Crippen molar-refractivity contribution >= 4 is 17.7 Å². The number of anilines is 1. The van der Waals surface area contributed by atoms with Gasteiger partial charge < -0.3 is 20.1 Å². The molecule has 0 spiro atoms. The van der Waals surface area contributed by atoms with Crippen molar-refractivity contribution in [3.05, 3.63) is 28.8 Å². The Balaban J connectivity index is 2.09. The molecule has 1 fully saturated rings. The van der Waals surface area contributed by atoms with Gasteiger partial charge in [0.25, 0.3) is 0 Å². The Hall–Kier alpha value is -2.24. The highest BCUT2D eigenvalue weighted by molar-refractivity contribution is 5.92. The number of methoxy groups -OCH3 is 1. The Bertz CT molecular complexity index is 656. The van der Waals surface area contributed by atoms with Crippen molar-refractivity contribution in [1.82, 2.24) is 4.90 Å². The van der Waals surface area contributed by atoms with Gasteiger partial charge in [-0.25, -0.2) is 9.59 Å². The van der Waals surface area contributed by atoms with Crippen LogP contribution in [-0.4, -0.2) is 42.8 Å². The van der Waals surface area contributed by atoms with Gasteiger partial charge in [0.15, 0.2) is 0 Å². The standard InChI is InChI=1S/C19H28N2O4/c1-12-15(17(22)24-5)10-14(11-16(12)20)13-6-8-21(9-7-13)18(23)25-19(2,3)4/h10-11,13H,6-9,20H2,1-5H3. The van der Waals surface area contributed by atoms with E-state index >= 15 is 0 Å². The van der Waals surface area contributed by atoms with Crippen LogP contribution in [0.3, 0.4) is 0 Å². The summed E-state index contributed by atoms with van der Waals surface area (Å²) in [5, 5.41) is 0. The lowest BCUT2D eigenvalue weighted by Gasteiger charge is -2.33. The molecule has 0 atom stereocenters. The molecular formula is C19H28N2O4. The predicted octanol–water partition coefficient (Wildman–Crippen LogP) is 3.48. The van der Waals surface area contributed by atoms with Crippen molar-refractivity contribution in [1.29, 1.82) is 0 Å². The lowest BCUT2D eigenvalue weighted by atomic mass is 9.87. The Morgan fingerprint density at radius 3 is 2.32 bits per heavy atom. The molecule has 1 amide bonds. The average molecular weight is 348 g/mol. The highest BCUT2D eigenvalue weighted by Gasteiger charge is 2.28. The first-order chi connectivity index (χ1) is 11.6. The fourth-order valence-electron chi connectivity index (χ4n) is 3.04. The number of nitrogens with zero attached hydrogens (tertiary/aromatic N) is 1. The van der Waals surface area contributed by atoms with Crippen LogP contribution in [0.25, 0.3) is 0 Å². The largest absolute Gasteiger partial charge is 0.465 e. The number of esters is 1.